The summed E-state index contributed by atoms with van der Waals surface area (Å²) in [5, 5.41) is 14.9. The molecule has 3 aromatic rings. The quantitative estimate of drug-likeness (QED) is 0.506. The first-order chi connectivity index (χ1) is 13.0. The molecule has 1 aliphatic rings. The molecule has 0 atom stereocenters. The fraction of sp³-hybridized carbons (Fsp3) is 0.235. The van der Waals surface area contributed by atoms with Gasteiger partial charge in [0.15, 0.2) is 0 Å². The predicted octanol–water partition coefficient (Wildman–Crippen LogP) is 1.98. The highest BCUT2D eigenvalue weighted by molar-refractivity contribution is 5.97. The van der Waals surface area contributed by atoms with Crippen LogP contribution >= 0.6 is 0 Å². The van der Waals surface area contributed by atoms with Crippen LogP contribution in [0.3, 0.4) is 0 Å². The van der Waals surface area contributed by atoms with E-state index in [2.05, 4.69) is 20.1 Å². The van der Waals surface area contributed by atoms with Crippen LogP contribution in [0.15, 0.2) is 41.2 Å². The molecule has 1 amide bonds. The number of carbonyl (C=O) groups excluding carboxylic acids is 1. The summed E-state index contributed by atoms with van der Waals surface area (Å²) in [5.41, 5.74) is 0.617. The van der Waals surface area contributed by atoms with Gasteiger partial charge in [0.2, 0.25) is 17.5 Å². The second-order valence-corrected chi connectivity index (χ2v) is 6.14. The van der Waals surface area contributed by atoms with Crippen molar-refractivity contribution in [3.8, 4) is 11.6 Å². The summed E-state index contributed by atoms with van der Waals surface area (Å²) in [7, 11) is 0. The number of likely N-dealkylation sites (tertiary alicyclic amines) is 1. The van der Waals surface area contributed by atoms with Crippen LogP contribution in [-0.2, 0) is 0 Å². The van der Waals surface area contributed by atoms with E-state index in [-0.39, 0.29) is 17.5 Å². The maximum absolute atomic E-state index is 12.6. The van der Waals surface area contributed by atoms with Crippen molar-refractivity contribution in [1.29, 1.82) is 0 Å². The number of hydrogen-bond donors (Lipinski definition) is 0. The van der Waals surface area contributed by atoms with Crippen molar-refractivity contribution < 1.29 is 14.2 Å². The lowest BCUT2D eigenvalue weighted by Gasteiger charge is -2.37. The molecule has 3 heterocycles. The third-order valence-corrected chi connectivity index (χ3v) is 4.46. The number of benzene rings is 1. The van der Waals surface area contributed by atoms with E-state index in [1.807, 2.05) is 0 Å². The first kappa shape index (κ1) is 16.8. The third-order valence-electron chi connectivity index (χ3n) is 4.46. The number of aromatic nitrogens is 4. The highest BCUT2D eigenvalue weighted by Gasteiger charge is 2.37. The Morgan fingerprint density at radius 1 is 1.22 bits per heavy atom. The molecule has 0 spiro atoms. The molecular formula is C17H14N6O4. The van der Waals surface area contributed by atoms with E-state index in [1.165, 1.54) is 12.1 Å². The largest absolute Gasteiger partial charge is 0.338 e. The molecule has 27 heavy (non-hydrogen) atoms. The first-order valence-corrected chi connectivity index (χ1v) is 8.19. The van der Waals surface area contributed by atoms with Crippen molar-refractivity contribution >= 4 is 11.6 Å². The monoisotopic (exact) mass is 366 g/mol. The zero-order chi connectivity index (χ0) is 19.0. The summed E-state index contributed by atoms with van der Waals surface area (Å²) < 4.78 is 5.26. The SMILES string of the molecule is Cc1c(C(=O)N2CC(c3nc(-c4ncccn4)no3)C2)cccc1[N+](=O)[O-]. The molecule has 1 saturated heterocycles. The highest BCUT2D eigenvalue weighted by Crippen LogP contribution is 2.30. The highest BCUT2D eigenvalue weighted by atomic mass is 16.6. The fourth-order valence-corrected chi connectivity index (χ4v) is 2.93. The number of nitro benzene ring substituents is 1. The van der Waals surface area contributed by atoms with Crippen LogP contribution < -0.4 is 0 Å². The molecule has 4 rings (SSSR count). The van der Waals surface area contributed by atoms with Gasteiger partial charge in [-0.15, -0.1) is 0 Å². The zero-order valence-corrected chi connectivity index (χ0v) is 14.3. The van der Waals surface area contributed by atoms with Crippen molar-refractivity contribution in [2.24, 2.45) is 0 Å². The van der Waals surface area contributed by atoms with Gasteiger partial charge in [0, 0.05) is 42.7 Å². The zero-order valence-electron chi connectivity index (χ0n) is 14.3. The molecule has 136 valence electrons. The van der Waals surface area contributed by atoms with Gasteiger partial charge >= 0.3 is 0 Å². The van der Waals surface area contributed by atoms with Gasteiger partial charge in [0.05, 0.1) is 10.8 Å². The van der Waals surface area contributed by atoms with E-state index >= 15 is 0 Å². The normalized spacial score (nSPS) is 14.0. The van der Waals surface area contributed by atoms with E-state index in [0.717, 1.165) is 0 Å². The summed E-state index contributed by atoms with van der Waals surface area (Å²) in [6, 6.07) is 6.18. The maximum atomic E-state index is 12.6. The van der Waals surface area contributed by atoms with Crippen molar-refractivity contribution in [3.63, 3.8) is 0 Å². The standard InChI is InChI=1S/C17H14N6O4/c1-10-12(4-2-5-13(10)23(25)26)17(24)22-8-11(9-22)16-20-15(21-27-16)14-18-6-3-7-19-14/h2-7,11H,8-9H2,1H3. The second kappa shape index (κ2) is 6.56. The van der Waals surface area contributed by atoms with E-state index in [1.54, 1.807) is 36.4 Å². The Morgan fingerprint density at radius 2 is 1.96 bits per heavy atom. The van der Waals surface area contributed by atoms with Crippen molar-refractivity contribution in [2.75, 3.05) is 13.1 Å². The van der Waals surface area contributed by atoms with Gasteiger partial charge in [-0.05, 0) is 19.1 Å². The van der Waals surface area contributed by atoms with Gasteiger partial charge in [-0.25, -0.2) is 9.97 Å². The summed E-state index contributed by atoms with van der Waals surface area (Å²) >= 11 is 0. The first-order valence-electron chi connectivity index (χ1n) is 8.19. The number of carbonyl (C=O) groups is 1. The smallest absolute Gasteiger partial charge is 0.273 e. The average Bonchev–Trinajstić information content (AvgIpc) is 3.10. The number of nitrogens with zero attached hydrogens (tertiary/aromatic N) is 6. The lowest BCUT2D eigenvalue weighted by Crippen LogP contribution is -2.48. The Balaban J connectivity index is 1.46. The molecule has 1 aromatic carbocycles. The second-order valence-electron chi connectivity index (χ2n) is 6.14. The van der Waals surface area contributed by atoms with Gasteiger partial charge in [-0.2, -0.15) is 4.98 Å². The van der Waals surface area contributed by atoms with Crippen LogP contribution in [-0.4, -0.2) is 48.9 Å². The molecule has 10 heteroatoms. The van der Waals surface area contributed by atoms with Crippen molar-refractivity contribution in [3.05, 3.63) is 63.8 Å². The topological polar surface area (TPSA) is 128 Å². The Bertz CT molecular complexity index is 1010. The van der Waals surface area contributed by atoms with Crippen LogP contribution in [0, 0.1) is 17.0 Å². The molecular weight excluding hydrogens is 352 g/mol. The maximum Gasteiger partial charge on any atom is 0.273 e. The van der Waals surface area contributed by atoms with Crippen LogP contribution in [0.5, 0.6) is 0 Å². The molecule has 0 radical (unpaired) electrons. The van der Waals surface area contributed by atoms with Gasteiger partial charge in [0.1, 0.15) is 0 Å². The minimum atomic E-state index is -0.489. The predicted molar refractivity (Wildman–Crippen MR) is 91.8 cm³/mol. The molecule has 1 aliphatic heterocycles. The van der Waals surface area contributed by atoms with Crippen LogP contribution in [0.25, 0.3) is 11.6 Å². The molecule has 1 fully saturated rings. The minimum Gasteiger partial charge on any atom is -0.338 e. The molecule has 0 N–H and O–H groups in total. The Morgan fingerprint density at radius 3 is 2.67 bits per heavy atom. The van der Waals surface area contributed by atoms with Gasteiger partial charge in [-0.1, -0.05) is 11.2 Å². The molecule has 10 nitrogen and oxygen atoms in total. The van der Waals surface area contributed by atoms with E-state index in [0.29, 0.717) is 41.8 Å². The summed E-state index contributed by atoms with van der Waals surface area (Å²) in [5.74, 6) is 0.741. The van der Waals surface area contributed by atoms with Crippen LogP contribution in [0.2, 0.25) is 0 Å². The summed E-state index contributed by atoms with van der Waals surface area (Å²) in [6.45, 7) is 2.38. The minimum absolute atomic E-state index is 0.0673. The summed E-state index contributed by atoms with van der Waals surface area (Å²) in [4.78, 5) is 37.2. The number of amides is 1. The van der Waals surface area contributed by atoms with Crippen molar-refractivity contribution in [2.45, 2.75) is 12.8 Å². The third kappa shape index (κ3) is 3.01. The van der Waals surface area contributed by atoms with E-state index in [4.69, 9.17) is 4.52 Å². The van der Waals surface area contributed by atoms with Gasteiger partial charge in [0.25, 0.3) is 11.6 Å². The number of hydrogen-bond acceptors (Lipinski definition) is 8. The van der Waals surface area contributed by atoms with Crippen LogP contribution in [0.4, 0.5) is 5.69 Å². The number of nitro groups is 1. The van der Waals surface area contributed by atoms with Crippen LogP contribution in [0.1, 0.15) is 27.7 Å². The Kier molecular flexibility index (Phi) is 4.07. The van der Waals surface area contributed by atoms with Crippen molar-refractivity contribution in [1.82, 2.24) is 25.0 Å². The fourth-order valence-electron chi connectivity index (χ4n) is 2.93. The summed E-state index contributed by atoms with van der Waals surface area (Å²) in [6.07, 6.45) is 3.17. The molecule has 2 aromatic heterocycles. The lowest BCUT2D eigenvalue weighted by atomic mass is 9.97. The molecule has 0 aliphatic carbocycles. The molecule has 0 unspecified atom stereocenters. The Hall–Kier alpha value is -3.69. The molecule has 0 bridgehead atoms. The number of rotatable bonds is 4. The van der Waals surface area contributed by atoms with E-state index in [9.17, 15) is 14.9 Å². The van der Waals surface area contributed by atoms with E-state index < -0.39 is 4.92 Å². The van der Waals surface area contributed by atoms with Gasteiger partial charge in [-0.3, -0.25) is 14.9 Å². The van der Waals surface area contributed by atoms with Gasteiger partial charge < -0.3 is 9.42 Å². The lowest BCUT2D eigenvalue weighted by molar-refractivity contribution is -0.385. The average molecular weight is 366 g/mol. The molecule has 0 saturated carbocycles. The Labute approximate surface area is 153 Å².